The summed E-state index contributed by atoms with van der Waals surface area (Å²) in [5, 5.41) is 9.03. The zero-order valence-electron chi connectivity index (χ0n) is 18.6. The summed E-state index contributed by atoms with van der Waals surface area (Å²) in [6.45, 7) is 8.77. The van der Waals surface area contributed by atoms with Crippen LogP contribution >= 0.6 is 15.9 Å². The number of rotatable bonds is 3. The van der Waals surface area contributed by atoms with Gasteiger partial charge in [0, 0.05) is 35.5 Å². The Kier molecular flexibility index (Phi) is 6.65. The van der Waals surface area contributed by atoms with Gasteiger partial charge in [-0.2, -0.15) is 5.26 Å². The summed E-state index contributed by atoms with van der Waals surface area (Å²) in [5.74, 6) is -0.00497. The number of nitrogen functional groups attached to an aromatic ring is 1. The van der Waals surface area contributed by atoms with Gasteiger partial charge in [-0.15, -0.1) is 0 Å². The summed E-state index contributed by atoms with van der Waals surface area (Å²) in [4.78, 5) is 18.3. The molecule has 0 radical (unpaired) electrons. The Hall–Kier alpha value is -2.86. The Morgan fingerprint density at radius 2 is 2.09 bits per heavy atom. The van der Waals surface area contributed by atoms with Crippen molar-refractivity contribution in [3.05, 3.63) is 39.6 Å². The third-order valence-corrected chi connectivity index (χ3v) is 6.84. The lowest BCUT2D eigenvalue weighted by atomic mass is 9.79. The first-order chi connectivity index (χ1) is 14.9. The average molecular weight is 504 g/mol. The van der Waals surface area contributed by atoms with Gasteiger partial charge in [0.15, 0.2) is 5.82 Å². The normalized spacial score (nSPS) is 18.8. The predicted octanol–water partition coefficient (Wildman–Crippen LogP) is 4.89. The van der Waals surface area contributed by atoms with Crippen LogP contribution in [0.1, 0.15) is 44.7 Å². The molecule has 3 rings (SSSR count). The van der Waals surface area contributed by atoms with Gasteiger partial charge in [0.2, 0.25) is 0 Å². The molecule has 0 spiro atoms. The molecule has 0 bridgehead atoms. The van der Waals surface area contributed by atoms with Gasteiger partial charge in [0.1, 0.15) is 18.0 Å². The van der Waals surface area contributed by atoms with Crippen molar-refractivity contribution < 1.29 is 13.9 Å². The molecule has 7 nitrogen and oxygen atoms in total. The molecule has 170 valence electrons. The first-order valence-electron chi connectivity index (χ1n) is 10.3. The minimum Gasteiger partial charge on any atom is -0.446 e. The smallest absolute Gasteiger partial charge is 0.404 e. The van der Waals surface area contributed by atoms with Crippen molar-refractivity contribution in [1.29, 1.82) is 5.26 Å². The Bertz CT molecular complexity index is 1090. The van der Waals surface area contributed by atoms with E-state index >= 15 is 0 Å². The van der Waals surface area contributed by atoms with E-state index in [0.29, 0.717) is 46.6 Å². The summed E-state index contributed by atoms with van der Waals surface area (Å²) in [7, 11) is 0. The number of carbonyl (C=O) groups excluding carboxylic acids is 1. The SMILES string of the molecule is Cc1c(N)c(N2CCC(OC(N)=O)CC2C(C)(C)C)nc(-c2ccc(C#N)c(F)c2)c1Br. The van der Waals surface area contributed by atoms with Crippen LogP contribution in [0.3, 0.4) is 0 Å². The minimum absolute atomic E-state index is 0.0263. The maximum absolute atomic E-state index is 14.3. The van der Waals surface area contributed by atoms with Crippen molar-refractivity contribution in [2.45, 2.75) is 52.7 Å². The topological polar surface area (TPSA) is 118 Å². The summed E-state index contributed by atoms with van der Waals surface area (Å²) in [6.07, 6.45) is 0.118. The number of pyridine rings is 1. The highest BCUT2D eigenvalue weighted by Crippen LogP contribution is 2.42. The number of nitrogens with two attached hydrogens (primary N) is 2. The van der Waals surface area contributed by atoms with Crippen LogP contribution in [-0.2, 0) is 4.74 Å². The summed E-state index contributed by atoms with van der Waals surface area (Å²) in [6, 6.07) is 6.22. The number of hydrogen-bond acceptors (Lipinski definition) is 6. The number of halogens is 2. The summed E-state index contributed by atoms with van der Waals surface area (Å²) in [5.41, 5.74) is 13.9. The lowest BCUT2D eigenvalue weighted by Gasteiger charge is -2.46. The number of anilines is 2. The second-order valence-electron chi connectivity index (χ2n) is 9.10. The molecule has 1 aliphatic rings. The third-order valence-electron chi connectivity index (χ3n) is 5.87. The number of primary amides is 1. The van der Waals surface area contributed by atoms with Gasteiger partial charge < -0.3 is 21.1 Å². The molecule has 32 heavy (non-hydrogen) atoms. The Balaban J connectivity index is 2.10. The summed E-state index contributed by atoms with van der Waals surface area (Å²) >= 11 is 3.56. The van der Waals surface area contributed by atoms with E-state index in [2.05, 4.69) is 41.6 Å². The van der Waals surface area contributed by atoms with Gasteiger partial charge in [-0.05, 0) is 46.0 Å². The molecular formula is C23H27BrFN5O2. The number of benzene rings is 1. The second-order valence-corrected chi connectivity index (χ2v) is 9.89. The van der Waals surface area contributed by atoms with E-state index in [1.165, 1.54) is 12.1 Å². The van der Waals surface area contributed by atoms with Gasteiger partial charge in [-0.1, -0.05) is 26.8 Å². The number of nitriles is 1. The van der Waals surface area contributed by atoms with Gasteiger partial charge >= 0.3 is 6.09 Å². The fraction of sp³-hybridized carbons (Fsp3) is 0.435. The minimum atomic E-state index is -0.779. The molecular weight excluding hydrogens is 477 g/mol. The number of piperidine rings is 1. The van der Waals surface area contributed by atoms with E-state index in [1.807, 2.05) is 13.0 Å². The molecule has 1 amide bonds. The lowest BCUT2D eigenvalue weighted by Crippen LogP contribution is -2.52. The molecule has 9 heteroatoms. The monoisotopic (exact) mass is 503 g/mol. The Morgan fingerprint density at radius 3 is 2.66 bits per heavy atom. The van der Waals surface area contributed by atoms with E-state index in [-0.39, 0.29) is 23.1 Å². The second kappa shape index (κ2) is 8.94. The maximum atomic E-state index is 14.3. The van der Waals surface area contributed by atoms with Gasteiger partial charge in [-0.3, -0.25) is 0 Å². The molecule has 1 fully saturated rings. The fourth-order valence-electron chi connectivity index (χ4n) is 4.12. The highest BCUT2D eigenvalue weighted by Gasteiger charge is 2.39. The molecule has 1 saturated heterocycles. The molecule has 4 N–H and O–H groups in total. The number of aromatic nitrogens is 1. The summed E-state index contributed by atoms with van der Waals surface area (Å²) < 4.78 is 20.3. The van der Waals surface area contributed by atoms with Crippen molar-refractivity contribution in [3.63, 3.8) is 0 Å². The van der Waals surface area contributed by atoms with E-state index in [9.17, 15) is 9.18 Å². The maximum Gasteiger partial charge on any atom is 0.404 e. The van der Waals surface area contributed by atoms with Crippen LogP contribution in [0.15, 0.2) is 22.7 Å². The zero-order valence-corrected chi connectivity index (χ0v) is 20.2. The number of carbonyl (C=O) groups is 1. The Labute approximate surface area is 195 Å². The zero-order chi connectivity index (χ0) is 23.8. The highest BCUT2D eigenvalue weighted by molar-refractivity contribution is 9.10. The molecule has 0 aliphatic carbocycles. The van der Waals surface area contributed by atoms with Crippen LogP contribution < -0.4 is 16.4 Å². The molecule has 1 aromatic carbocycles. The number of amides is 1. The molecule has 2 unspecified atom stereocenters. The van der Waals surface area contributed by atoms with Crippen molar-refractivity contribution in [3.8, 4) is 17.3 Å². The standard InChI is InChI=1S/C23H27BrFN5O2/c1-12-18(24)20(13-5-6-14(11-26)16(25)9-13)29-21(19(12)27)30-8-7-15(32-22(28)31)10-17(30)23(2,3)4/h5-6,9,15,17H,7-8,10,27H2,1-4H3,(H2,28,31). The van der Waals surface area contributed by atoms with E-state index in [0.717, 1.165) is 5.56 Å². The van der Waals surface area contributed by atoms with E-state index < -0.39 is 11.9 Å². The van der Waals surface area contributed by atoms with Crippen molar-refractivity contribution in [2.24, 2.45) is 11.1 Å². The van der Waals surface area contributed by atoms with Crippen LogP contribution in [0.25, 0.3) is 11.3 Å². The van der Waals surface area contributed by atoms with Crippen LogP contribution in [0, 0.1) is 29.5 Å². The first-order valence-corrected chi connectivity index (χ1v) is 11.1. The van der Waals surface area contributed by atoms with Crippen LogP contribution in [0.4, 0.5) is 20.7 Å². The molecule has 0 saturated carbocycles. The number of hydrogen-bond donors (Lipinski definition) is 2. The first kappa shape index (κ1) is 23.8. The largest absolute Gasteiger partial charge is 0.446 e. The van der Waals surface area contributed by atoms with Crippen LogP contribution in [0.2, 0.25) is 0 Å². The van der Waals surface area contributed by atoms with Crippen molar-refractivity contribution in [1.82, 2.24) is 4.98 Å². The predicted molar refractivity (Wildman–Crippen MR) is 125 cm³/mol. The third kappa shape index (κ3) is 4.65. The number of nitrogens with zero attached hydrogens (tertiary/aromatic N) is 3. The number of ether oxygens (including phenoxy) is 1. The molecule has 2 heterocycles. The fourth-order valence-corrected chi connectivity index (χ4v) is 4.65. The molecule has 1 aliphatic heterocycles. The van der Waals surface area contributed by atoms with Crippen LogP contribution in [-0.4, -0.2) is 29.8 Å². The highest BCUT2D eigenvalue weighted by atomic mass is 79.9. The van der Waals surface area contributed by atoms with Crippen molar-refractivity contribution in [2.75, 3.05) is 17.2 Å². The molecule has 1 aromatic heterocycles. The average Bonchev–Trinajstić information content (AvgIpc) is 2.71. The van der Waals surface area contributed by atoms with E-state index in [4.69, 9.17) is 26.5 Å². The van der Waals surface area contributed by atoms with Gasteiger partial charge in [-0.25, -0.2) is 14.2 Å². The molecule has 2 aromatic rings. The molecule has 2 atom stereocenters. The van der Waals surface area contributed by atoms with Gasteiger partial charge in [0.05, 0.1) is 16.9 Å². The Morgan fingerprint density at radius 1 is 1.41 bits per heavy atom. The lowest BCUT2D eigenvalue weighted by molar-refractivity contribution is 0.0669. The van der Waals surface area contributed by atoms with Crippen LogP contribution in [0.5, 0.6) is 0 Å². The quantitative estimate of drug-likeness (QED) is 0.615. The van der Waals surface area contributed by atoms with E-state index in [1.54, 1.807) is 6.07 Å². The van der Waals surface area contributed by atoms with Gasteiger partial charge in [0.25, 0.3) is 0 Å². The van der Waals surface area contributed by atoms with Crippen molar-refractivity contribution >= 4 is 33.5 Å².